The van der Waals surface area contributed by atoms with E-state index < -0.39 is 12.2 Å². The second-order valence-corrected chi connectivity index (χ2v) is 6.08. The molecular weight excluding hydrogens is 259 g/mol. The molecule has 0 aliphatic heterocycles. The van der Waals surface area contributed by atoms with Crippen LogP contribution in [0.15, 0.2) is 18.2 Å². The molecule has 0 aliphatic carbocycles. The molecule has 0 aromatic heterocycles. The number of hydrogen-bond acceptors (Lipinski definition) is 2. The third-order valence-corrected chi connectivity index (χ3v) is 3.57. The topological polar surface area (TPSA) is 40.5 Å². The lowest BCUT2D eigenvalue weighted by Crippen LogP contribution is -2.38. The lowest BCUT2D eigenvalue weighted by atomic mass is 9.84. The fraction of sp³-hybridized carbons (Fsp3) is 0.538. The van der Waals surface area contributed by atoms with Crippen LogP contribution in [0.3, 0.4) is 0 Å². The van der Waals surface area contributed by atoms with Crippen LogP contribution in [0.1, 0.15) is 26.3 Å². The molecule has 96 valence electrons. The smallest absolute Gasteiger partial charge is 0.0850 e. The van der Waals surface area contributed by atoms with Crippen molar-refractivity contribution in [2.45, 2.75) is 39.4 Å². The number of benzene rings is 1. The highest BCUT2D eigenvalue weighted by Gasteiger charge is 2.29. The Labute approximate surface area is 112 Å². The average Bonchev–Trinajstić information content (AvgIpc) is 2.22. The van der Waals surface area contributed by atoms with Crippen molar-refractivity contribution in [3.8, 4) is 0 Å². The summed E-state index contributed by atoms with van der Waals surface area (Å²) in [7, 11) is 0. The fourth-order valence-corrected chi connectivity index (χ4v) is 2.02. The van der Waals surface area contributed by atoms with E-state index in [0.29, 0.717) is 10.0 Å². The molecule has 0 heterocycles. The van der Waals surface area contributed by atoms with Gasteiger partial charge in [-0.2, -0.15) is 0 Å². The summed E-state index contributed by atoms with van der Waals surface area (Å²) in [5.41, 5.74) is 0.375. The van der Waals surface area contributed by atoms with E-state index in [1.54, 1.807) is 18.2 Å². The predicted octanol–water partition coefficient (Wildman–Crippen LogP) is 3.30. The molecule has 1 aromatic carbocycles. The van der Waals surface area contributed by atoms with Gasteiger partial charge in [0.05, 0.1) is 22.3 Å². The van der Waals surface area contributed by atoms with E-state index in [9.17, 15) is 10.2 Å². The second-order valence-electron chi connectivity index (χ2n) is 5.30. The molecule has 17 heavy (non-hydrogen) atoms. The van der Waals surface area contributed by atoms with E-state index >= 15 is 0 Å². The quantitative estimate of drug-likeness (QED) is 0.890. The predicted molar refractivity (Wildman–Crippen MR) is 71.6 cm³/mol. The molecule has 2 N–H and O–H groups in total. The van der Waals surface area contributed by atoms with Crippen molar-refractivity contribution in [1.29, 1.82) is 0 Å². The number of aliphatic hydroxyl groups excluding tert-OH is 2. The molecule has 2 atom stereocenters. The van der Waals surface area contributed by atoms with E-state index in [1.807, 2.05) is 20.8 Å². The molecule has 0 saturated heterocycles. The minimum absolute atomic E-state index is 0.290. The Morgan fingerprint density at radius 2 is 1.76 bits per heavy atom. The van der Waals surface area contributed by atoms with Crippen molar-refractivity contribution >= 4 is 23.2 Å². The Kier molecular flexibility index (Phi) is 4.85. The van der Waals surface area contributed by atoms with E-state index in [1.165, 1.54) is 0 Å². The van der Waals surface area contributed by atoms with Gasteiger partial charge in [0.2, 0.25) is 0 Å². The van der Waals surface area contributed by atoms with Crippen LogP contribution < -0.4 is 0 Å². The molecule has 4 heteroatoms. The van der Waals surface area contributed by atoms with Gasteiger partial charge in [-0.15, -0.1) is 0 Å². The van der Waals surface area contributed by atoms with Gasteiger partial charge in [-0.3, -0.25) is 0 Å². The first-order chi connectivity index (χ1) is 7.73. The molecule has 0 bridgehead atoms. The highest BCUT2D eigenvalue weighted by atomic mass is 35.5. The van der Waals surface area contributed by atoms with Crippen molar-refractivity contribution in [3.63, 3.8) is 0 Å². The molecule has 0 saturated carbocycles. The standard InChI is InChI=1S/C13H18Cl2O2/c1-13(2,3)12(17)10(16)7-8-5-4-6-9(14)11(8)15/h4-6,10,12,16-17H,7H2,1-3H3. The summed E-state index contributed by atoms with van der Waals surface area (Å²) in [5, 5.41) is 20.8. The SMILES string of the molecule is CC(C)(C)C(O)C(O)Cc1cccc(Cl)c1Cl. The minimum Gasteiger partial charge on any atom is -0.390 e. The van der Waals surface area contributed by atoms with Gasteiger partial charge in [-0.25, -0.2) is 0 Å². The van der Waals surface area contributed by atoms with Crippen LogP contribution in [-0.4, -0.2) is 22.4 Å². The molecule has 0 spiro atoms. The lowest BCUT2D eigenvalue weighted by Gasteiger charge is -2.30. The van der Waals surface area contributed by atoms with Gasteiger partial charge < -0.3 is 10.2 Å². The Hall–Kier alpha value is -0.280. The Balaban J connectivity index is 2.81. The van der Waals surface area contributed by atoms with Gasteiger partial charge in [0, 0.05) is 6.42 Å². The van der Waals surface area contributed by atoms with Crippen molar-refractivity contribution in [2.24, 2.45) is 5.41 Å². The summed E-state index contributed by atoms with van der Waals surface area (Å²) >= 11 is 11.9. The van der Waals surface area contributed by atoms with Crippen LogP contribution >= 0.6 is 23.2 Å². The highest BCUT2D eigenvalue weighted by molar-refractivity contribution is 6.42. The summed E-state index contributed by atoms with van der Waals surface area (Å²) in [6.45, 7) is 5.63. The average molecular weight is 277 g/mol. The summed E-state index contributed by atoms with van der Waals surface area (Å²) in [4.78, 5) is 0. The van der Waals surface area contributed by atoms with Crippen molar-refractivity contribution < 1.29 is 10.2 Å². The number of hydrogen-bond donors (Lipinski definition) is 2. The molecule has 0 fully saturated rings. The van der Waals surface area contributed by atoms with Gasteiger partial charge in [0.15, 0.2) is 0 Å². The number of aliphatic hydroxyl groups is 2. The van der Waals surface area contributed by atoms with Gasteiger partial charge in [0.25, 0.3) is 0 Å². The third-order valence-electron chi connectivity index (χ3n) is 2.71. The minimum atomic E-state index is -0.856. The second kappa shape index (κ2) is 5.57. The van der Waals surface area contributed by atoms with Crippen LogP contribution in [-0.2, 0) is 6.42 Å². The largest absolute Gasteiger partial charge is 0.390 e. The molecule has 1 rings (SSSR count). The zero-order chi connectivity index (χ0) is 13.2. The van der Waals surface area contributed by atoms with E-state index in [0.717, 1.165) is 5.56 Å². The molecule has 0 aliphatic rings. The summed E-state index contributed by atoms with van der Waals surface area (Å²) in [5.74, 6) is 0. The van der Waals surface area contributed by atoms with Crippen LogP contribution in [0.2, 0.25) is 10.0 Å². The van der Waals surface area contributed by atoms with Crippen LogP contribution in [0.5, 0.6) is 0 Å². The van der Waals surface area contributed by atoms with Crippen molar-refractivity contribution in [2.75, 3.05) is 0 Å². The summed E-state index contributed by atoms with van der Waals surface area (Å²) in [6, 6.07) is 5.27. The Bertz CT molecular complexity index is 385. The van der Waals surface area contributed by atoms with Crippen LogP contribution in [0, 0.1) is 5.41 Å². The molecule has 2 nitrogen and oxygen atoms in total. The zero-order valence-corrected chi connectivity index (χ0v) is 11.8. The van der Waals surface area contributed by atoms with Gasteiger partial charge in [-0.1, -0.05) is 56.1 Å². The van der Waals surface area contributed by atoms with Crippen molar-refractivity contribution in [3.05, 3.63) is 33.8 Å². The summed E-state index contributed by atoms with van der Waals surface area (Å²) in [6.07, 6.45) is -1.37. The molecule has 0 radical (unpaired) electrons. The number of halogens is 2. The zero-order valence-electron chi connectivity index (χ0n) is 10.2. The summed E-state index contributed by atoms with van der Waals surface area (Å²) < 4.78 is 0. The first-order valence-corrected chi connectivity index (χ1v) is 6.28. The Morgan fingerprint density at radius 3 is 2.29 bits per heavy atom. The van der Waals surface area contributed by atoms with Gasteiger partial charge >= 0.3 is 0 Å². The first kappa shape index (κ1) is 14.8. The third kappa shape index (κ3) is 3.85. The highest BCUT2D eigenvalue weighted by Crippen LogP contribution is 2.29. The van der Waals surface area contributed by atoms with E-state index in [2.05, 4.69) is 0 Å². The van der Waals surface area contributed by atoms with Crippen LogP contribution in [0.25, 0.3) is 0 Å². The van der Waals surface area contributed by atoms with Gasteiger partial charge in [0.1, 0.15) is 0 Å². The normalized spacial score (nSPS) is 15.7. The maximum Gasteiger partial charge on any atom is 0.0850 e. The molecule has 0 amide bonds. The molecular formula is C13H18Cl2O2. The van der Waals surface area contributed by atoms with E-state index in [-0.39, 0.29) is 11.8 Å². The van der Waals surface area contributed by atoms with Crippen LogP contribution in [0.4, 0.5) is 0 Å². The van der Waals surface area contributed by atoms with Gasteiger partial charge in [-0.05, 0) is 17.0 Å². The number of rotatable bonds is 3. The van der Waals surface area contributed by atoms with E-state index in [4.69, 9.17) is 23.2 Å². The molecule has 1 aromatic rings. The first-order valence-electron chi connectivity index (χ1n) is 5.52. The maximum absolute atomic E-state index is 9.97. The maximum atomic E-state index is 9.97. The molecule has 2 unspecified atom stereocenters. The fourth-order valence-electron chi connectivity index (χ4n) is 1.62. The lowest BCUT2D eigenvalue weighted by molar-refractivity contribution is -0.0433. The monoisotopic (exact) mass is 276 g/mol. The Morgan fingerprint density at radius 1 is 1.18 bits per heavy atom. The van der Waals surface area contributed by atoms with Crippen molar-refractivity contribution in [1.82, 2.24) is 0 Å².